The minimum atomic E-state index is -4.64. The summed E-state index contributed by atoms with van der Waals surface area (Å²) >= 11 is 0. The minimum Gasteiger partial charge on any atom is -0.494 e. The number of nitrogens with zero attached hydrogens (tertiary/aromatic N) is 3. The van der Waals surface area contributed by atoms with Crippen LogP contribution in [0.3, 0.4) is 0 Å². The van der Waals surface area contributed by atoms with Gasteiger partial charge in [0.25, 0.3) is 5.91 Å². The second-order valence-corrected chi connectivity index (χ2v) is 9.16. The number of benzene rings is 2. The Morgan fingerprint density at radius 3 is 2.46 bits per heavy atom. The van der Waals surface area contributed by atoms with E-state index in [1.54, 1.807) is 30.0 Å². The molecule has 7 nitrogen and oxygen atoms in total. The summed E-state index contributed by atoms with van der Waals surface area (Å²) in [5.41, 5.74) is 7.27. The zero-order valence-electron chi connectivity index (χ0n) is 21.1. The van der Waals surface area contributed by atoms with E-state index in [1.165, 1.54) is 31.4 Å². The molecule has 0 saturated heterocycles. The van der Waals surface area contributed by atoms with Gasteiger partial charge >= 0.3 is 6.18 Å². The van der Waals surface area contributed by atoms with Crippen molar-refractivity contribution in [2.45, 2.75) is 25.6 Å². The third-order valence-electron chi connectivity index (χ3n) is 6.54. The second-order valence-electron chi connectivity index (χ2n) is 9.16. The van der Waals surface area contributed by atoms with Crippen LogP contribution >= 0.6 is 0 Å². The van der Waals surface area contributed by atoms with E-state index in [2.05, 4.69) is 9.97 Å². The van der Waals surface area contributed by atoms with Crippen LogP contribution in [0.4, 0.5) is 17.6 Å². The number of pyridine rings is 1. The molecule has 0 bridgehead atoms. The first-order valence-corrected chi connectivity index (χ1v) is 12.1. The molecule has 5 rings (SSSR count). The van der Waals surface area contributed by atoms with Crippen LogP contribution in [0.1, 0.15) is 46.9 Å². The van der Waals surface area contributed by atoms with Gasteiger partial charge in [0, 0.05) is 24.0 Å². The number of rotatable bonds is 5. The monoisotopic (exact) mass is 540 g/mol. The van der Waals surface area contributed by atoms with Gasteiger partial charge in [0.1, 0.15) is 22.8 Å². The molecule has 0 aliphatic carbocycles. The molecule has 0 spiro atoms. The fraction of sp³-hybridized carbons (Fsp3) is 0.250. The second kappa shape index (κ2) is 10.1. The van der Waals surface area contributed by atoms with Crippen molar-refractivity contribution in [1.29, 1.82) is 0 Å². The highest BCUT2D eigenvalue weighted by Gasteiger charge is 2.34. The number of halogens is 4. The number of hydrogen-bond acceptors (Lipinski definition) is 6. The van der Waals surface area contributed by atoms with Crippen molar-refractivity contribution in [3.63, 3.8) is 0 Å². The van der Waals surface area contributed by atoms with E-state index in [4.69, 9.17) is 14.9 Å². The third-order valence-corrected chi connectivity index (χ3v) is 6.54. The van der Waals surface area contributed by atoms with Gasteiger partial charge in [-0.2, -0.15) is 13.2 Å². The zero-order valence-corrected chi connectivity index (χ0v) is 21.1. The first kappa shape index (κ1) is 26.4. The largest absolute Gasteiger partial charge is 0.494 e. The van der Waals surface area contributed by atoms with Crippen molar-refractivity contribution in [3.05, 3.63) is 83.1 Å². The van der Waals surface area contributed by atoms with Crippen LogP contribution in [0.5, 0.6) is 5.75 Å². The lowest BCUT2D eigenvalue weighted by atomic mass is 9.99. The quantitative estimate of drug-likeness (QED) is 0.312. The van der Waals surface area contributed by atoms with E-state index in [0.717, 1.165) is 17.2 Å². The molecule has 39 heavy (non-hydrogen) atoms. The highest BCUT2D eigenvalue weighted by Crippen LogP contribution is 2.37. The molecule has 0 saturated carbocycles. The van der Waals surface area contributed by atoms with Crippen molar-refractivity contribution in [3.8, 4) is 17.2 Å². The van der Waals surface area contributed by atoms with Gasteiger partial charge in [0.2, 0.25) is 5.89 Å². The highest BCUT2D eigenvalue weighted by atomic mass is 19.4. The average molecular weight is 541 g/mol. The summed E-state index contributed by atoms with van der Waals surface area (Å²) in [5.74, 6) is -0.376. The minimum absolute atomic E-state index is 0.0206. The predicted molar refractivity (Wildman–Crippen MR) is 136 cm³/mol. The third kappa shape index (κ3) is 5.09. The molecule has 1 unspecified atom stereocenters. The number of ether oxygens (including phenoxy) is 1. The number of aromatic nitrogens is 2. The number of oxazole rings is 1. The number of amides is 1. The molecular weight excluding hydrogens is 516 g/mol. The lowest BCUT2D eigenvalue weighted by Gasteiger charge is -2.26. The summed E-state index contributed by atoms with van der Waals surface area (Å²) < 4.78 is 64.4. The lowest BCUT2D eigenvalue weighted by molar-refractivity contribution is -0.140. The molecule has 3 heterocycles. The maximum atomic E-state index is 13.5. The van der Waals surface area contributed by atoms with E-state index in [-0.39, 0.29) is 40.3 Å². The molecule has 1 amide bonds. The van der Waals surface area contributed by atoms with E-state index in [1.807, 2.05) is 6.08 Å². The maximum absolute atomic E-state index is 13.5. The first-order valence-electron chi connectivity index (χ1n) is 12.1. The molecule has 1 aliphatic rings. The summed E-state index contributed by atoms with van der Waals surface area (Å²) in [7, 11) is 1.33. The topological polar surface area (TPSA) is 94.5 Å². The Morgan fingerprint density at radius 2 is 1.85 bits per heavy atom. The van der Waals surface area contributed by atoms with Crippen LogP contribution in [0.15, 0.2) is 59.0 Å². The van der Waals surface area contributed by atoms with Crippen molar-refractivity contribution >= 4 is 22.4 Å². The van der Waals surface area contributed by atoms with Crippen LogP contribution in [-0.2, 0) is 6.18 Å². The number of nitrogens with two attached hydrogens (primary N) is 1. The Morgan fingerprint density at radius 1 is 1.10 bits per heavy atom. The van der Waals surface area contributed by atoms with Crippen molar-refractivity contribution in [1.82, 2.24) is 14.9 Å². The van der Waals surface area contributed by atoms with Crippen molar-refractivity contribution in [2.75, 3.05) is 20.2 Å². The number of fused-ring (bicyclic) bond motifs is 1. The first-order chi connectivity index (χ1) is 18.6. The van der Waals surface area contributed by atoms with Crippen LogP contribution in [0, 0.1) is 5.82 Å². The Labute approximate surface area is 220 Å². The fourth-order valence-electron chi connectivity index (χ4n) is 4.54. The number of carbonyl (C=O) groups excluding carboxylic acids is 1. The smallest absolute Gasteiger partial charge is 0.433 e. The molecule has 11 heteroatoms. The molecule has 0 fully saturated rings. The number of hydrogen-bond donors (Lipinski definition) is 1. The molecule has 2 aromatic heterocycles. The van der Waals surface area contributed by atoms with Crippen LogP contribution < -0.4 is 10.5 Å². The molecule has 0 radical (unpaired) electrons. The molecule has 2 aromatic carbocycles. The van der Waals surface area contributed by atoms with Gasteiger partial charge in [-0.3, -0.25) is 4.79 Å². The Kier molecular flexibility index (Phi) is 6.85. The predicted octanol–water partition coefficient (Wildman–Crippen LogP) is 6.01. The summed E-state index contributed by atoms with van der Waals surface area (Å²) in [5, 5.41) is 0.309. The Bertz CT molecular complexity index is 1580. The maximum Gasteiger partial charge on any atom is 0.433 e. The van der Waals surface area contributed by atoms with Gasteiger partial charge in [-0.05, 0) is 60.9 Å². The van der Waals surface area contributed by atoms with Crippen LogP contribution in [-0.4, -0.2) is 41.0 Å². The van der Waals surface area contributed by atoms with E-state index in [9.17, 15) is 22.4 Å². The molecular formula is C28H24F4N4O3. The SMILES string of the molecule is COc1ccc(-c2nc(C(=O)N3CC=C(c4ccc(F)cc4)CC3)c(C(C)N)o2)c2ccc(C(F)(F)F)nc12. The summed E-state index contributed by atoms with van der Waals surface area (Å²) in [6, 6.07) is 10.7. The summed E-state index contributed by atoms with van der Waals surface area (Å²) in [6.45, 7) is 2.35. The van der Waals surface area contributed by atoms with E-state index < -0.39 is 17.9 Å². The van der Waals surface area contributed by atoms with Crippen molar-refractivity contribution in [2.24, 2.45) is 5.73 Å². The van der Waals surface area contributed by atoms with Gasteiger partial charge in [-0.1, -0.05) is 18.2 Å². The van der Waals surface area contributed by atoms with E-state index in [0.29, 0.717) is 30.5 Å². The summed E-state index contributed by atoms with van der Waals surface area (Å²) in [4.78, 5) is 23.3. The zero-order chi connectivity index (χ0) is 27.9. The standard InChI is InChI=1S/C28H24F4N4O3/c1-15(33)25-24(27(37)36-13-11-17(12-14-36)16-3-5-18(29)6-4-16)35-26(39-25)20-7-9-21(38-2)23-19(20)8-10-22(34-23)28(30,31)32/h3-11,15H,12-14,33H2,1-2H3. The normalized spacial score (nSPS) is 14.8. The van der Waals surface area contributed by atoms with Crippen LogP contribution in [0.2, 0.25) is 0 Å². The van der Waals surface area contributed by atoms with Gasteiger partial charge in [0.05, 0.1) is 13.2 Å². The van der Waals surface area contributed by atoms with Gasteiger partial charge in [-0.15, -0.1) is 0 Å². The number of methoxy groups -OCH3 is 1. The molecule has 2 N–H and O–H groups in total. The van der Waals surface area contributed by atoms with Gasteiger partial charge in [0.15, 0.2) is 11.5 Å². The summed E-state index contributed by atoms with van der Waals surface area (Å²) in [6.07, 6.45) is -2.17. The highest BCUT2D eigenvalue weighted by molar-refractivity contribution is 5.98. The van der Waals surface area contributed by atoms with E-state index >= 15 is 0 Å². The molecule has 202 valence electrons. The Balaban J connectivity index is 1.50. The lowest BCUT2D eigenvalue weighted by Crippen LogP contribution is -2.35. The molecule has 1 atom stereocenters. The molecule has 4 aromatic rings. The molecule has 1 aliphatic heterocycles. The average Bonchev–Trinajstić information content (AvgIpc) is 3.37. The number of carbonyl (C=O) groups is 1. The van der Waals surface area contributed by atoms with Gasteiger partial charge in [-0.25, -0.2) is 14.4 Å². The Hall–Kier alpha value is -4.25. The fourth-order valence-corrected chi connectivity index (χ4v) is 4.54. The van der Waals surface area contributed by atoms with Crippen molar-refractivity contribution < 1.29 is 31.5 Å². The number of alkyl halides is 3. The van der Waals surface area contributed by atoms with Crippen LogP contribution in [0.25, 0.3) is 27.9 Å². The van der Waals surface area contributed by atoms with Gasteiger partial charge < -0.3 is 19.8 Å².